The molecule has 0 unspecified atom stereocenters. The standard InChI is InChI=1S/C18H21ClN2O2/c1-21(12-14-6-8-17(23-2)9-7-14)13-18(22)20-11-15-4-3-5-16(19)10-15/h3-10H,11-13H2,1-2H3,(H,20,22). The summed E-state index contributed by atoms with van der Waals surface area (Å²) in [5.74, 6) is 0.816. The Morgan fingerprint density at radius 3 is 2.57 bits per heavy atom. The lowest BCUT2D eigenvalue weighted by molar-refractivity contribution is -0.122. The first-order chi connectivity index (χ1) is 11.1. The molecule has 2 aromatic rings. The van der Waals surface area contributed by atoms with Crippen LogP contribution in [-0.4, -0.2) is 31.5 Å². The highest BCUT2D eigenvalue weighted by Crippen LogP contribution is 2.12. The molecule has 0 fully saturated rings. The Labute approximate surface area is 142 Å². The van der Waals surface area contributed by atoms with E-state index in [1.54, 1.807) is 7.11 Å². The van der Waals surface area contributed by atoms with Crippen LogP contribution in [0.25, 0.3) is 0 Å². The molecule has 2 rings (SSSR count). The number of carbonyl (C=O) groups is 1. The fourth-order valence-corrected chi connectivity index (χ4v) is 2.46. The molecule has 0 saturated heterocycles. The second kappa shape index (κ2) is 8.56. The van der Waals surface area contributed by atoms with Gasteiger partial charge in [0.1, 0.15) is 5.75 Å². The van der Waals surface area contributed by atoms with Crippen LogP contribution in [0, 0.1) is 0 Å². The number of likely N-dealkylation sites (N-methyl/N-ethyl adjacent to an activating group) is 1. The zero-order valence-electron chi connectivity index (χ0n) is 13.4. The van der Waals surface area contributed by atoms with Crippen molar-refractivity contribution >= 4 is 17.5 Å². The summed E-state index contributed by atoms with van der Waals surface area (Å²) in [6.45, 7) is 1.52. The molecule has 23 heavy (non-hydrogen) atoms. The maximum absolute atomic E-state index is 12.0. The molecule has 0 aliphatic rings. The van der Waals surface area contributed by atoms with Crippen LogP contribution in [0.3, 0.4) is 0 Å². The minimum atomic E-state index is -0.0130. The number of hydrogen-bond donors (Lipinski definition) is 1. The van der Waals surface area contributed by atoms with Gasteiger partial charge in [-0.25, -0.2) is 0 Å². The monoisotopic (exact) mass is 332 g/mol. The highest BCUT2D eigenvalue weighted by atomic mass is 35.5. The van der Waals surface area contributed by atoms with E-state index in [-0.39, 0.29) is 5.91 Å². The molecule has 0 aliphatic heterocycles. The first-order valence-corrected chi connectivity index (χ1v) is 7.77. The van der Waals surface area contributed by atoms with Crippen LogP contribution in [0.15, 0.2) is 48.5 Å². The van der Waals surface area contributed by atoms with Gasteiger partial charge in [-0.15, -0.1) is 0 Å². The summed E-state index contributed by atoms with van der Waals surface area (Å²) in [4.78, 5) is 14.0. The van der Waals surface area contributed by atoms with Gasteiger partial charge in [0.25, 0.3) is 0 Å². The third-order valence-corrected chi connectivity index (χ3v) is 3.64. The van der Waals surface area contributed by atoms with Crippen molar-refractivity contribution in [2.45, 2.75) is 13.1 Å². The molecular formula is C18H21ClN2O2. The largest absolute Gasteiger partial charge is 0.497 e. The molecule has 4 nitrogen and oxygen atoms in total. The number of benzene rings is 2. The first-order valence-electron chi connectivity index (χ1n) is 7.39. The van der Waals surface area contributed by atoms with E-state index in [2.05, 4.69) is 5.32 Å². The molecule has 122 valence electrons. The molecule has 0 bridgehead atoms. The summed E-state index contributed by atoms with van der Waals surface area (Å²) in [6.07, 6.45) is 0. The fourth-order valence-electron chi connectivity index (χ4n) is 2.25. The predicted octanol–water partition coefficient (Wildman–Crippen LogP) is 3.10. The molecule has 0 atom stereocenters. The highest BCUT2D eigenvalue weighted by molar-refractivity contribution is 6.30. The summed E-state index contributed by atoms with van der Waals surface area (Å²) >= 11 is 5.93. The Balaban J connectivity index is 1.77. The molecular weight excluding hydrogens is 312 g/mol. The minimum Gasteiger partial charge on any atom is -0.497 e. The Kier molecular flexibility index (Phi) is 6.44. The van der Waals surface area contributed by atoms with Gasteiger partial charge < -0.3 is 10.1 Å². The van der Waals surface area contributed by atoms with Gasteiger partial charge in [0.15, 0.2) is 0 Å². The van der Waals surface area contributed by atoms with Crippen LogP contribution in [0.4, 0.5) is 0 Å². The number of amides is 1. The lowest BCUT2D eigenvalue weighted by Crippen LogP contribution is -2.34. The van der Waals surface area contributed by atoms with Crippen LogP contribution in [0.2, 0.25) is 5.02 Å². The summed E-state index contributed by atoms with van der Waals surface area (Å²) in [6, 6.07) is 15.3. The van der Waals surface area contributed by atoms with E-state index in [1.807, 2.05) is 60.5 Å². The van der Waals surface area contributed by atoms with Gasteiger partial charge in [-0.2, -0.15) is 0 Å². The van der Waals surface area contributed by atoms with Crippen molar-refractivity contribution in [3.8, 4) is 5.75 Å². The van der Waals surface area contributed by atoms with Crippen molar-refractivity contribution < 1.29 is 9.53 Å². The lowest BCUT2D eigenvalue weighted by atomic mass is 10.2. The number of halogens is 1. The number of hydrogen-bond acceptors (Lipinski definition) is 3. The van der Waals surface area contributed by atoms with E-state index < -0.39 is 0 Å². The molecule has 0 saturated carbocycles. The fraction of sp³-hybridized carbons (Fsp3) is 0.278. The summed E-state index contributed by atoms with van der Waals surface area (Å²) < 4.78 is 5.13. The summed E-state index contributed by atoms with van der Waals surface area (Å²) in [5.41, 5.74) is 2.12. The average molecular weight is 333 g/mol. The van der Waals surface area contributed by atoms with E-state index in [0.29, 0.717) is 24.7 Å². The average Bonchev–Trinajstić information content (AvgIpc) is 2.53. The number of rotatable bonds is 7. The molecule has 1 amide bonds. The SMILES string of the molecule is COc1ccc(CN(C)CC(=O)NCc2cccc(Cl)c2)cc1. The van der Waals surface area contributed by atoms with E-state index >= 15 is 0 Å². The van der Waals surface area contributed by atoms with Crippen molar-refractivity contribution in [3.05, 3.63) is 64.7 Å². The zero-order valence-corrected chi connectivity index (χ0v) is 14.1. The summed E-state index contributed by atoms with van der Waals surface area (Å²) in [5, 5.41) is 3.58. The maximum Gasteiger partial charge on any atom is 0.234 e. The topological polar surface area (TPSA) is 41.6 Å². The predicted molar refractivity (Wildman–Crippen MR) is 92.6 cm³/mol. The quantitative estimate of drug-likeness (QED) is 0.847. The van der Waals surface area contributed by atoms with Gasteiger partial charge in [-0.1, -0.05) is 35.9 Å². The van der Waals surface area contributed by atoms with Crippen LogP contribution in [0.5, 0.6) is 5.75 Å². The van der Waals surface area contributed by atoms with Crippen LogP contribution in [0.1, 0.15) is 11.1 Å². The van der Waals surface area contributed by atoms with E-state index in [9.17, 15) is 4.79 Å². The normalized spacial score (nSPS) is 10.6. The molecule has 2 aromatic carbocycles. The molecule has 1 N–H and O–H groups in total. The minimum absolute atomic E-state index is 0.0130. The van der Waals surface area contributed by atoms with Gasteiger partial charge >= 0.3 is 0 Å². The Morgan fingerprint density at radius 2 is 1.91 bits per heavy atom. The van der Waals surface area contributed by atoms with Gasteiger partial charge in [0.05, 0.1) is 13.7 Å². The zero-order chi connectivity index (χ0) is 16.7. The molecule has 0 aliphatic carbocycles. The van der Waals surface area contributed by atoms with E-state index in [4.69, 9.17) is 16.3 Å². The molecule has 5 heteroatoms. The molecule has 0 aromatic heterocycles. The second-order valence-corrected chi connectivity index (χ2v) is 5.86. The smallest absolute Gasteiger partial charge is 0.234 e. The molecule has 0 spiro atoms. The number of nitrogens with one attached hydrogen (secondary N) is 1. The lowest BCUT2D eigenvalue weighted by Gasteiger charge is -2.16. The Hall–Kier alpha value is -2.04. The van der Waals surface area contributed by atoms with Gasteiger partial charge in [-0.05, 0) is 42.4 Å². The van der Waals surface area contributed by atoms with Crippen LogP contribution < -0.4 is 10.1 Å². The van der Waals surface area contributed by atoms with Crippen molar-refractivity contribution in [1.82, 2.24) is 10.2 Å². The Morgan fingerprint density at radius 1 is 1.17 bits per heavy atom. The van der Waals surface area contributed by atoms with Gasteiger partial charge in [-0.3, -0.25) is 9.69 Å². The summed E-state index contributed by atoms with van der Waals surface area (Å²) in [7, 11) is 3.56. The number of methoxy groups -OCH3 is 1. The number of nitrogens with zero attached hydrogens (tertiary/aromatic N) is 1. The van der Waals surface area contributed by atoms with Crippen LogP contribution in [-0.2, 0) is 17.9 Å². The second-order valence-electron chi connectivity index (χ2n) is 5.43. The number of carbonyl (C=O) groups excluding carboxylic acids is 1. The van der Waals surface area contributed by atoms with Crippen molar-refractivity contribution in [1.29, 1.82) is 0 Å². The Bertz CT molecular complexity index is 644. The van der Waals surface area contributed by atoms with E-state index in [1.165, 1.54) is 0 Å². The third-order valence-electron chi connectivity index (χ3n) is 3.40. The highest BCUT2D eigenvalue weighted by Gasteiger charge is 2.07. The van der Waals surface area contributed by atoms with Crippen LogP contribution >= 0.6 is 11.6 Å². The molecule has 0 radical (unpaired) electrons. The third kappa shape index (κ3) is 5.93. The number of ether oxygens (including phenoxy) is 1. The van der Waals surface area contributed by atoms with Gasteiger partial charge in [0.2, 0.25) is 5.91 Å². The van der Waals surface area contributed by atoms with E-state index in [0.717, 1.165) is 16.9 Å². The first kappa shape index (κ1) is 17.3. The molecule has 0 heterocycles. The van der Waals surface area contributed by atoms with Crippen molar-refractivity contribution in [3.63, 3.8) is 0 Å². The van der Waals surface area contributed by atoms with Crippen molar-refractivity contribution in [2.75, 3.05) is 20.7 Å². The maximum atomic E-state index is 12.0. The van der Waals surface area contributed by atoms with Crippen molar-refractivity contribution in [2.24, 2.45) is 0 Å². The van der Waals surface area contributed by atoms with Gasteiger partial charge in [0, 0.05) is 18.1 Å².